The van der Waals surface area contributed by atoms with Crippen molar-refractivity contribution in [2.45, 2.75) is 22.9 Å². The van der Waals surface area contributed by atoms with Gasteiger partial charge in [-0.1, -0.05) is 36.0 Å². The van der Waals surface area contributed by atoms with Gasteiger partial charge in [-0.2, -0.15) is 0 Å². The van der Waals surface area contributed by atoms with Gasteiger partial charge in [0.25, 0.3) is 0 Å². The molecule has 2 aromatic carbocycles. The molecule has 0 bridgehead atoms. The molecule has 0 aliphatic carbocycles. The molecule has 3 rings (SSSR count). The minimum absolute atomic E-state index is 0.0217. The van der Waals surface area contributed by atoms with Crippen LogP contribution in [0.4, 0.5) is 16.2 Å². The van der Waals surface area contributed by atoms with Crippen LogP contribution in [0.25, 0.3) is 0 Å². The summed E-state index contributed by atoms with van der Waals surface area (Å²) in [5.41, 5.74) is 1.69. The fourth-order valence-corrected chi connectivity index (χ4v) is 3.52. The topological polar surface area (TPSA) is 42.0 Å². The lowest BCUT2D eigenvalue weighted by Gasteiger charge is -2.30. The standard InChI is InChI=1S/C19H22N2O3S/c1-14(20(2)3)23-12-13-24-19(22)21-15-8-4-6-10-17(15)25-18-11-7-5-9-16(18)21/h4-11,14H,12-13H2,1-3H3. The van der Waals surface area contributed by atoms with Crippen LogP contribution in [-0.4, -0.2) is 44.5 Å². The zero-order chi connectivity index (χ0) is 17.8. The maximum Gasteiger partial charge on any atom is 0.419 e. The highest BCUT2D eigenvalue weighted by molar-refractivity contribution is 7.99. The molecule has 5 nitrogen and oxygen atoms in total. The molecular formula is C19H22N2O3S. The van der Waals surface area contributed by atoms with E-state index in [2.05, 4.69) is 0 Å². The predicted molar refractivity (Wildman–Crippen MR) is 99.6 cm³/mol. The average Bonchev–Trinajstić information content (AvgIpc) is 2.62. The fraction of sp³-hybridized carbons (Fsp3) is 0.316. The summed E-state index contributed by atoms with van der Waals surface area (Å²) in [5, 5.41) is 0. The summed E-state index contributed by atoms with van der Waals surface area (Å²) in [6.45, 7) is 2.53. The zero-order valence-corrected chi connectivity index (χ0v) is 15.5. The molecule has 6 heteroatoms. The summed E-state index contributed by atoms with van der Waals surface area (Å²) in [5.74, 6) is 0. The number of benzene rings is 2. The third-order valence-corrected chi connectivity index (χ3v) is 5.14. The third-order valence-electron chi connectivity index (χ3n) is 4.01. The Labute approximate surface area is 152 Å². The normalized spacial score (nSPS) is 14.0. The summed E-state index contributed by atoms with van der Waals surface area (Å²) in [6.07, 6.45) is -0.409. The second-order valence-electron chi connectivity index (χ2n) is 5.92. The second-order valence-corrected chi connectivity index (χ2v) is 7.00. The van der Waals surface area contributed by atoms with Crippen LogP contribution >= 0.6 is 11.8 Å². The van der Waals surface area contributed by atoms with E-state index < -0.39 is 0 Å². The predicted octanol–water partition coefficient (Wildman–Crippen LogP) is 4.35. The smallest absolute Gasteiger partial charge is 0.419 e. The molecular weight excluding hydrogens is 336 g/mol. The highest BCUT2D eigenvalue weighted by Crippen LogP contribution is 2.47. The number of fused-ring (bicyclic) bond motifs is 2. The monoisotopic (exact) mass is 358 g/mol. The van der Waals surface area contributed by atoms with Gasteiger partial charge < -0.3 is 9.47 Å². The molecule has 0 aromatic heterocycles. The van der Waals surface area contributed by atoms with Crippen molar-refractivity contribution in [3.63, 3.8) is 0 Å². The van der Waals surface area contributed by atoms with Gasteiger partial charge in [0.15, 0.2) is 0 Å². The van der Waals surface area contributed by atoms with Crippen molar-refractivity contribution in [3.05, 3.63) is 48.5 Å². The third kappa shape index (κ3) is 3.98. The number of carbonyl (C=O) groups is 1. The first-order valence-electron chi connectivity index (χ1n) is 8.19. The quantitative estimate of drug-likeness (QED) is 0.587. The van der Waals surface area contributed by atoms with E-state index in [0.717, 1.165) is 21.2 Å². The number of hydrogen-bond acceptors (Lipinski definition) is 5. The van der Waals surface area contributed by atoms with Crippen molar-refractivity contribution in [2.75, 3.05) is 32.2 Å². The van der Waals surface area contributed by atoms with Crippen LogP contribution < -0.4 is 4.90 Å². The number of hydrogen-bond donors (Lipinski definition) is 0. The molecule has 1 amide bonds. The molecule has 1 atom stereocenters. The Bertz CT molecular complexity index is 705. The van der Waals surface area contributed by atoms with Crippen LogP contribution in [0, 0.1) is 0 Å². The number of nitrogens with zero attached hydrogens (tertiary/aromatic N) is 2. The molecule has 2 aromatic rings. The lowest BCUT2D eigenvalue weighted by atomic mass is 10.2. The highest BCUT2D eigenvalue weighted by Gasteiger charge is 2.28. The SMILES string of the molecule is CC(OCCOC(=O)N1c2ccccc2Sc2ccccc21)N(C)C. The highest BCUT2D eigenvalue weighted by atomic mass is 32.2. The molecule has 0 spiro atoms. The van der Waals surface area contributed by atoms with Gasteiger partial charge in [0.2, 0.25) is 0 Å². The Balaban J connectivity index is 1.72. The molecule has 0 radical (unpaired) electrons. The van der Waals surface area contributed by atoms with Crippen molar-refractivity contribution in [3.8, 4) is 0 Å². The Morgan fingerprint density at radius 2 is 1.60 bits per heavy atom. The summed E-state index contributed by atoms with van der Waals surface area (Å²) in [7, 11) is 3.88. The van der Waals surface area contributed by atoms with E-state index in [0.29, 0.717) is 6.61 Å². The Morgan fingerprint density at radius 3 is 2.16 bits per heavy atom. The number of ether oxygens (including phenoxy) is 2. The molecule has 1 heterocycles. The minimum atomic E-state index is -0.388. The second kappa shape index (κ2) is 7.91. The summed E-state index contributed by atoms with van der Waals surface area (Å²) in [6, 6.07) is 15.7. The van der Waals surface area contributed by atoms with Crippen LogP contribution in [0.15, 0.2) is 58.3 Å². The number of rotatable bonds is 5. The first-order chi connectivity index (χ1) is 12.1. The number of anilines is 2. The van der Waals surface area contributed by atoms with Crippen molar-refractivity contribution in [2.24, 2.45) is 0 Å². The molecule has 1 aliphatic heterocycles. The molecule has 132 valence electrons. The van der Waals surface area contributed by atoms with Crippen LogP contribution in [0.3, 0.4) is 0 Å². The number of para-hydroxylation sites is 2. The van der Waals surface area contributed by atoms with Crippen molar-refractivity contribution in [1.29, 1.82) is 0 Å². The van der Waals surface area contributed by atoms with E-state index in [1.165, 1.54) is 0 Å². The van der Waals surface area contributed by atoms with Gasteiger partial charge in [-0.3, -0.25) is 4.90 Å². The van der Waals surface area contributed by atoms with Crippen molar-refractivity contribution < 1.29 is 14.3 Å². The van der Waals surface area contributed by atoms with Crippen molar-refractivity contribution >= 4 is 29.2 Å². The van der Waals surface area contributed by atoms with Gasteiger partial charge in [0.05, 0.1) is 18.0 Å². The van der Waals surface area contributed by atoms with E-state index in [1.807, 2.05) is 74.4 Å². The van der Waals surface area contributed by atoms with Gasteiger partial charge in [-0.15, -0.1) is 0 Å². The fourth-order valence-electron chi connectivity index (χ4n) is 2.46. The first-order valence-corrected chi connectivity index (χ1v) is 9.00. The van der Waals surface area contributed by atoms with Gasteiger partial charge in [0, 0.05) is 9.79 Å². The Kier molecular flexibility index (Phi) is 5.63. The maximum absolute atomic E-state index is 12.7. The van der Waals surface area contributed by atoms with Crippen LogP contribution in [0.5, 0.6) is 0 Å². The van der Waals surface area contributed by atoms with Gasteiger partial charge in [-0.25, -0.2) is 9.69 Å². The average molecular weight is 358 g/mol. The van der Waals surface area contributed by atoms with E-state index in [-0.39, 0.29) is 18.9 Å². The Hall–Kier alpha value is -2.02. The van der Waals surface area contributed by atoms with Crippen LogP contribution in [0.1, 0.15) is 6.92 Å². The summed E-state index contributed by atoms with van der Waals surface area (Å²) in [4.78, 5) is 18.4. The van der Waals surface area contributed by atoms with Crippen molar-refractivity contribution in [1.82, 2.24) is 4.90 Å². The lowest BCUT2D eigenvalue weighted by Crippen LogP contribution is -2.32. The molecule has 0 fully saturated rings. The zero-order valence-electron chi connectivity index (χ0n) is 14.6. The molecule has 0 N–H and O–H groups in total. The van der Waals surface area contributed by atoms with E-state index >= 15 is 0 Å². The number of carbonyl (C=O) groups excluding carboxylic acids is 1. The minimum Gasteiger partial charge on any atom is -0.446 e. The summed E-state index contributed by atoms with van der Waals surface area (Å²) < 4.78 is 11.1. The molecule has 0 saturated carbocycles. The molecule has 1 unspecified atom stereocenters. The van der Waals surface area contributed by atoms with Gasteiger partial charge >= 0.3 is 6.09 Å². The molecule has 1 aliphatic rings. The molecule has 25 heavy (non-hydrogen) atoms. The Morgan fingerprint density at radius 1 is 1.04 bits per heavy atom. The van der Waals surface area contributed by atoms with E-state index in [4.69, 9.17) is 9.47 Å². The van der Waals surface area contributed by atoms with E-state index in [1.54, 1.807) is 16.7 Å². The van der Waals surface area contributed by atoms with E-state index in [9.17, 15) is 4.79 Å². The largest absolute Gasteiger partial charge is 0.446 e. The van der Waals surface area contributed by atoms with Crippen LogP contribution in [0.2, 0.25) is 0 Å². The van der Waals surface area contributed by atoms with Gasteiger partial charge in [-0.05, 0) is 45.3 Å². The maximum atomic E-state index is 12.7. The first kappa shape index (κ1) is 17.8. The molecule has 0 saturated heterocycles. The summed E-state index contributed by atoms with van der Waals surface area (Å²) >= 11 is 1.66. The number of amides is 1. The lowest BCUT2D eigenvalue weighted by molar-refractivity contribution is -0.0372. The van der Waals surface area contributed by atoms with Gasteiger partial charge in [0.1, 0.15) is 12.8 Å². The van der Waals surface area contributed by atoms with Crippen LogP contribution in [-0.2, 0) is 9.47 Å².